The van der Waals surface area contributed by atoms with Crippen LogP contribution in [0.3, 0.4) is 0 Å². The highest BCUT2D eigenvalue weighted by Crippen LogP contribution is 2.21. The fourth-order valence-corrected chi connectivity index (χ4v) is 1.82. The molecule has 0 spiro atoms. The van der Waals surface area contributed by atoms with Crippen molar-refractivity contribution in [2.24, 2.45) is 0 Å². The SMILES string of the molecule is C=CCC(C)=CCCC(C)(O)CCCCC. The molecule has 0 amide bonds. The van der Waals surface area contributed by atoms with E-state index in [2.05, 4.69) is 26.5 Å². The van der Waals surface area contributed by atoms with E-state index in [-0.39, 0.29) is 0 Å². The topological polar surface area (TPSA) is 20.2 Å². The molecule has 0 aromatic rings. The molecular weight excluding hydrogens is 196 g/mol. The lowest BCUT2D eigenvalue weighted by atomic mass is 9.93. The van der Waals surface area contributed by atoms with E-state index in [4.69, 9.17) is 0 Å². The molecule has 1 nitrogen and oxygen atoms in total. The van der Waals surface area contributed by atoms with Gasteiger partial charge in [-0.3, -0.25) is 0 Å². The average molecular weight is 224 g/mol. The zero-order valence-corrected chi connectivity index (χ0v) is 11.3. The Hall–Kier alpha value is -0.560. The van der Waals surface area contributed by atoms with Gasteiger partial charge in [0, 0.05) is 0 Å². The molecule has 1 atom stereocenters. The van der Waals surface area contributed by atoms with E-state index in [9.17, 15) is 5.11 Å². The molecule has 0 aliphatic carbocycles. The molecule has 0 rings (SSSR count). The number of aliphatic hydroxyl groups is 1. The summed E-state index contributed by atoms with van der Waals surface area (Å²) >= 11 is 0. The Labute approximate surface area is 101 Å². The summed E-state index contributed by atoms with van der Waals surface area (Å²) in [6.45, 7) is 9.98. The second kappa shape index (κ2) is 8.58. The molecule has 1 unspecified atom stereocenters. The third-order valence-electron chi connectivity index (χ3n) is 2.96. The third-order valence-corrected chi connectivity index (χ3v) is 2.96. The predicted octanol–water partition coefficient (Wildman–Crippen LogP) is 4.62. The van der Waals surface area contributed by atoms with Gasteiger partial charge in [-0.2, -0.15) is 0 Å². The predicted molar refractivity (Wildman–Crippen MR) is 72.6 cm³/mol. The lowest BCUT2D eigenvalue weighted by Gasteiger charge is -2.22. The molecule has 0 aliphatic rings. The Morgan fingerprint density at radius 1 is 1.31 bits per heavy atom. The van der Waals surface area contributed by atoms with Gasteiger partial charge < -0.3 is 5.11 Å². The first-order valence-electron chi connectivity index (χ1n) is 6.50. The summed E-state index contributed by atoms with van der Waals surface area (Å²) in [7, 11) is 0. The van der Waals surface area contributed by atoms with E-state index >= 15 is 0 Å². The van der Waals surface area contributed by atoms with Gasteiger partial charge in [-0.1, -0.05) is 43.9 Å². The van der Waals surface area contributed by atoms with Crippen LogP contribution in [0.15, 0.2) is 24.3 Å². The van der Waals surface area contributed by atoms with Crippen molar-refractivity contribution in [2.75, 3.05) is 0 Å². The maximum atomic E-state index is 10.1. The van der Waals surface area contributed by atoms with Crippen molar-refractivity contribution in [2.45, 2.75) is 71.3 Å². The van der Waals surface area contributed by atoms with Crippen molar-refractivity contribution in [1.82, 2.24) is 0 Å². The third kappa shape index (κ3) is 8.72. The summed E-state index contributed by atoms with van der Waals surface area (Å²) in [4.78, 5) is 0. The summed E-state index contributed by atoms with van der Waals surface area (Å²) in [6.07, 6.45) is 11.4. The summed E-state index contributed by atoms with van der Waals surface area (Å²) < 4.78 is 0. The highest BCUT2D eigenvalue weighted by molar-refractivity contribution is 5.02. The van der Waals surface area contributed by atoms with E-state index in [1.807, 2.05) is 13.0 Å². The van der Waals surface area contributed by atoms with Crippen molar-refractivity contribution < 1.29 is 5.11 Å². The molecule has 0 aromatic carbocycles. The second-order valence-corrected chi connectivity index (χ2v) is 5.04. The van der Waals surface area contributed by atoms with E-state index in [1.54, 1.807) is 0 Å². The Bertz CT molecular complexity index is 213. The first-order chi connectivity index (χ1) is 7.52. The summed E-state index contributed by atoms with van der Waals surface area (Å²) in [6, 6.07) is 0. The smallest absolute Gasteiger partial charge is 0.0622 e. The molecule has 1 N–H and O–H groups in total. The van der Waals surface area contributed by atoms with Gasteiger partial charge in [0.05, 0.1) is 5.60 Å². The molecular formula is C15H28O. The minimum Gasteiger partial charge on any atom is -0.390 e. The first-order valence-corrected chi connectivity index (χ1v) is 6.50. The van der Waals surface area contributed by atoms with Gasteiger partial charge in [0.15, 0.2) is 0 Å². The number of hydrogen-bond acceptors (Lipinski definition) is 1. The van der Waals surface area contributed by atoms with Crippen LogP contribution in [0.4, 0.5) is 0 Å². The molecule has 0 aromatic heterocycles. The zero-order valence-electron chi connectivity index (χ0n) is 11.3. The maximum absolute atomic E-state index is 10.1. The van der Waals surface area contributed by atoms with Crippen molar-refractivity contribution >= 4 is 0 Å². The number of unbranched alkanes of at least 4 members (excludes halogenated alkanes) is 2. The van der Waals surface area contributed by atoms with Gasteiger partial charge in [0.2, 0.25) is 0 Å². The average Bonchev–Trinajstić information content (AvgIpc) is 2.18. The molecule has 0 saturated heterocycles. The minimum absolute atomic E-state index is 0.486. The highest BCUT2D eigenvalue weighted by Gasteiger charge is 2.18. The minimum atomic E-state index is -0.486. The van der Waals surface area contributed by atoms with E-state index in [0.717, 1.165) is 32.1 Å². The van der Waals surface area contributed by atoms with Crippen LogP contribution >= 0.6 is 0 Å². The van der Waals surface area contributed by atoms with Crippen molar-refractivity contribution in [3.63, 3.8) is 0 Å². The van der Waals surface area contributed by atoms with E-state index < -0.39 is 5.60 Å². The second-order valence-electron chi connectivity index (χ2n) is 5.04. The lowest BCUT2D eigenvalue weighted by molar-refractivity contribution is 0.0403. The Morgan fingerprint density at radius 3 is 2.56 bits per heavy atom. The molecule has 0 bridgehead atoms. The van der Waals surface area contributed by atoms with Crippen LogP contribution in [0.5, 0.6) is 0 Å². The van der Waals surface area contributed by atoms with Crippen molar-refractivity contribution in [1.29, 1.82) is 0 Å². The van der Waals surface area contributed by atoms with Crippen molar-refractivity contribution in [3.8, 4) is 0 Å². The van der Waals surface area contributed by atoms with E-state index in [0.29, 0.717) is 0 Å². The monoisotopic (exact) mass is 224 g/mol. The molecule has 0 aliphatic heterocycles. The summed E-state index contributed by atoms with van der Waals surface area (Å²) in [5, 5.41) is 10.1. The number of allylic oxidation sites excluding steroid dienone is 3. The standard InChI is InChI=1S/C15H28O/c1-5-7-8-12-15(4,16)13-9-11-14(3)10-6-2/h6,11,16H,2,5,7-10,12-13H2,1,3-4H3. The fourth-order valence-electron chi connectivity index (χ4n) is 1.82. The van der Waals surface area contributed by atoms with Crippen LogP contribution in [-0.2, 0) is 0 Å². The van der Waals surface area contributed by atoms with Gasteiger partial charge in [-0.05, 0) is 39.5 Å². The zero-order chi connectivity index (χ0) is 12.4. The summed E-state index contributed by atoms with van der Waals surface area (Å²) in [5.74, 6) is 0. The highest BCUT2D eigenvalue weighted by atomic mass is 16.3. The molecule has 0 saturated carbocycles. The molecule has 16 heavy (non-hydrogen) atoms. The normalized spacial score (nSPS) is 15.9. The number of hydrogen-bond donors (Lipinski definition) is 1. The molecule has 0 radical (unpaired) electrons. The molecule has 0 fully saturated rings. The largest absolute Gasteiger partial charge is 0.390 e. The van der Waals surface area contributed by atoms with Crippen LogP contribution in [-0.4, -0.2) is 10.7 Å². The van der Waals surface area contributed by atoms with Gasteiger partial charge in [-0.15, -0.1) is 6.58 Å². The van der Waals surface area contributed by atoms with Gasteiger partial charge in [0.25, 0.3) is 0 Å². The van der Waals surface area contributed by atoms with Crippen molar-refractivity contribution in [3.05, 3.63) is 24.3 Å². The van der Waals surface area contributed by atoms with Crippen LogP contribution in [0.2, 0.25) is 0 Å². The maximum Gasteiger partial charge on any atom is 0.0622 e. The van der Waals surface area contributed by atoms with Gasteiger partial charge >= 0.3 is 0 Å². The first kappa shape index (κ1) is 15.4. The Balaban J connectivity index is 3.80. The Kier molecular flexibility index (Phi) is 8.28. The van der Waals surface area contributed by atoms with Crippen LogP contribution in [0, 0.1) is 0 Å². The van der Waals surface area contributed by atoms with Gasteiger partial charge in [-0.25, -0.2) is 0 Å². The van der Waals surface area contributed by atoms with Crippen LogP contribution < -0.4 is 0 Å². The summed E-state index contributed by atoms with van der Waals surface area (Å²) in [5.41, 5.74) is 0.861. The fraction of sp³-hybridized carbons (Fsp3) is 0.733. The molecule has 94 valence electrons. The molecule has 0 heterocycles. The van der Waals surface area contributed by atoms with Crippen LogP contribution in [0.25, 0.3) is 0 Å². The van der Waals surface area contributed by atoms with E-state index in [1.165, 1.54) is 18.4 Å². The van der Waals surface area contributed by atoms with Crippen LogP contribution in [0.1, 0.15) is 65.7 Å². The van der Waals surface area contributed by atoms with Gasteiger partial charge in [0.1, 0.15) is 0 Å². The lowest BCUT2D eigenvalue weighted by Crippen LogP contribution is -2.23. The molecule has 1 heteroatoms. The quantitative estimate of drug-likeness (QED) is 0.447. The number of rotatable bonds is 9. The Morgan fingerprint density at radius 2 is 2.00 bits per heavy atom.